The van der Waals surface area contributed by atoms with Gasteiger partial charge in [-0.05, 0) is 18.9 Å². The van der Waals surface area contributed by atoms with Crippen LogP contribution in [0.1, 0.15) is 12.8 Å². The van der Waals surface area contributed by atoms with E-state index < -0.39 is 10.0 Å². The summed E-state index contributed by atoms with van der Waals surface area (Å²) in [6.45, 7) is 1.44. The van der Waals surface area contributed by atoms with E-state index in [1.165, 1.54) is 22.6 Å². The van der Waals surface area contributed by atoms with Gasteiger partial charge in [-0.15, -0.1) is 0 Å². The number of aromatic nitrogens is 1. The van der Waals surface area contributed by atoms with Crippen molar-refractivity contribution in [2.75, 3.05) is 26.2 Å². The van der Waals surface area contributed by atoms with Gasteiger partial charge in [0.15, 0.2) is 0 Å². The van der Waals surface area contributed by atoms with E-state index in [9.17, 15) is 18.0 Å². The van der Waals surface area contributed by atoms with E-state index in [0.717, 1.165) is 12.8 Å². The van der Waals surface area contributed by atoms with Gasteiger partial charge in [-0.1, -0.05) is 0 Å². The molecule has 8 heteroatoms. The van der Waals surface area contributed by atoms with Crippen LogP contribution in [-0.4, -0.2) is 54.7 Å². The predicted molar refractivity (Wildman–Crippen MR) is 75.1 cm³/mol. The molecule has 1 N–H and O–H groups in total. The van der Waals surface area contributed by atoms with Crippen LogP contribution in [0.2, 0.25) is 0 Å². The van der Waals surface area contributed by atoms with E-state index >= 15 is 0 Å². The van der Waals surface area contributed by atoms with Gasteiger partial charge in [0, 0.05) is 44.4 Å². The molecule has 1 aromatic rings. The van der Waals surface area contributed by atoms with Crippen molar-refractivity contribution in [2.45, 2.75) is 17.7 Å². The average Bonchev–Trinajstić information content (AvgIpc) is 3.32. The molecule has 21 heavy (non-hydrogen) atoms. The standard InChI is InChI=1S/C13H17N3O4S/c17-12-4-3-11(9-14-12)21(19,20)16-7-5-15(6-8-16)13(18)10-1-2-10/h3-4,9-10H,1-2,5-8H2,(H,14,17). The summed E-state index contributed by atoms with van der Waals surface area (Å²) in [6.07, 6.45) is 3.11. The number of amides is 1. The van der Waals surface area contributed by atoms with Crippen LogP contribution in [0, 0.1) is 5.92 Å². The molecule has 0 unspecified atom stereocenters. The third kappa shape index (κ3) is 2.86. The predicted octanol–water partition coefficient (Wildman–Crippen LogP) is -0.382. The number of sulfonamides is 1. The van der Waals surface area contributed by atoms with E-state index in [1.54, 1.807) is 4.90 Å². The molecule has 2 fully saturated rings. The number of H-pyrrole nitrogens is 1. The second kappa shape index (κ2) is 5.27. The molecule has 1 amide bonds. The minimum absolute atomic E-state index is 0.0732. The quantitative estimate of drug-likeness (QED) is 0.824. The number of rotatable bonds is 3. The summed E-state index contributed by atoms with van der Waals surface area (Å²) < 4.78 is 26.2. The van der Waals surface area contributed by atoms with Crippen LogP contribution in [0.3, 0.4) is 0 Å². The van der Waals surface area contributed by atoms with Crippen molar-refractivity contribution in [3.05, 3.63) is 28.7 Å². The summed E-state index contributed by atoms with van der Waals surface area (Å²) in [5.41, 5.74) is -0.339. The molecule has 1 aliphatic heterocycles. The van der Waals surface area contributed by atoms with E-state index in [2.05, 4.69) is 4.98 Å². The third-order valence-corrected chi connectivity index (χ3v) is 5.76. The Morgan fingerprint density at radius 2 is 1.81 bits per heavy atom. The molecule has 2 aliphatic rings. The maximum Gasteiger partial charge on any atom is 0.247 e. The number of pyridine rings is 1. The number of aromatic amines is 1. The fourth-order valence-corrected chi connectivity index (χ4v) is 3.83. The third-order valence-electron chi connectivity index (χ3n) is 3.87. The maximum absolute atomic E-state index is 12.4. The van der Waals surface area contributed by atoms with Crippen LogP contribution in [-0.2, 0) is 14.8 Å². The van der Waals surface area contributed by atoms with Crippen molar-refractivity contribution >= 4 is 15.9 Å². The maximum atomic E-state index is 12.4. The highest BCUT2D eigenvalue weighted by Gasteiger charge is 2.36. The van der Waals surface area contributed by atoms with Gasteiger partial charge in [0.2, 0.25) is 21.5 Å². The SMILES string of the molecule is O=C(C1CC1)N1CCN(S(=O)(=O)c2ccc(=O)[nH]c2)CC1. The second-order valence-electron chi connectivity index (χ2n) is 5.39. The summed E-state index contributed by atoms with van der Waals surface area (Å²) in [5.74, 6) is 0.309. The van der Waals surface area contributed by atoms with Crippen LogP contribution in [0.25, 0.3) is 0 Å². The molecule has 1 saturated carbocycles. The molecule has 0 atom stereocenters. The van der Waals surface area contributed by atoms with Gasteiger partial charge in [0.25, 0.3) is 0 Å². The summed E-state index contributed by atoms with van der Waals surface area (Å²) >= 11 is 0. The fraction of sp³-hybridized carbons (Fsp3) is 0.538. The zero-order valence-electron chi connectivity index (χ0n) is 11.5. The Kier molecular flexibility index (Phi) is 3.58. The highest BCUT2D eigenvalue weighted by atomic mass is 32.2. The van der Waals surface area contributed by atoms with E-state index in [0.29, 0.717) is 26.2 Å². The van der Waals surface area contributed by atoms with Crippen LogP contribution in [0.4, 0.5) is 0 Å². The van der Waals surface area contributed by atoms with E-state index in [4.69, 9.17) is 0 Å². The zero-order chi connectivity index (χ0) is 15.0. The summed E-state index contributed by atoms with van der Waals surface area (Å²) in [4.78, 5) is 27.1. The molecule has 1 saturated heterocycles. The minimum Gasteiger partial charge on any atom is -0.340 e. The van der Waals surface area contributed by atoms with Crippen molar-refractivity contribution in [1.29, 1.82) is 0 Å². The van der Waals surface area contributed by atoms with E-state index in [-0.39, 0.29) is 22.3 Å². The van der Waals surface area contributed by atoms with Crippen molar-refractivity contribution in [1.82, 2.24) is 14.2 Å². The molecule has 0 spiro atoms. The molecule has 0 aromatic carbocycles. The molecule has 0 radical (unpaired) electrons. The van der Waals surface area contributed by atoms with Gasteiger partial charge in [-0.2, -0.15) is 4.31 Å². The molecular weight excluding hydrogens is 294 g/mol. The number of nitrogens with one attached hydrogen (secondary N) is 1. The molecule has 114 valence electrons. The first-order chi connectivity index (χ1) is 9.98. The number of carbonyl (C=O) groups excluding carboxylic acids is 1. The Morgan fingerprint density at radius 3 is 2.33 bits per heavy atom. The van der Waals surface area contributed by atoms with Crippen LogP contribution in [0.5, 0.6) is 0 Å². The van der Waals surface area contributed by atoms with Gasteiger partial charge < -0.3 is 9.88 Å². The second-order valence-corrected chi connectivity index (χ2v) is 7.33. The summed E-state index contributed by atoms with van der Waals surface area (Å²) in [6, 6.07) is 2.50. The largest absolute Gasteiger partial charge is 0.340 e. The number of nitrogens with zero attached hydrogens (tertiary/aromatic N) is 2. The average molecular weight is 311 g/mol. The molecule has 3 rings (SSSR count). The lowest BCUT2D eigenvalue weighted by molar-refractivity contribution is -0.133. The molecule has 2 heterocycles. The lowest BCUT2D eigenvalue weighted by atomic mass is 10.3. The van der Waals surface area contributed by atoms with Gasteiger partial charge in [0.1, 0.15) is 0 Å². The number of piperazine rings is 1. The molecule has 1 aliphatic carbocycles. The minimum atomic E-state index is -3.61. The van der Waals surface area contributed by atoms with Crippen molar-refractivity contribution in [3.8, 4) is 0 Å². The molecular formula is C13H17N3O4S. The Bertz CT molecular complexity index is 680. The Balaban J connectivity index is 1.69. The lowest BCUT2D eigenvalue weighted by Gasteiger charge is -2.34. The first-order valence-corrected chi connectivity index (χ1v) is 8.40. The Labute approximate surface area is 122 Å². The first-order valence-electron chi connectivity index (χ1n) is 6.96. The Morgan fingerprint density at radius 1 is 1.14 bits per heavy atom. The number of hydrogen-bond donors (Lipinski definition) is 1. The van der Waals surface area contributed by atoms with Crippen molar-refractivity contribution in [2.24, 2.45) is 5.92 Å². The summed E-state index contributed by atoms with van der Waals surface area (Å²) in [7, 11) is -3.61. The Hall–Kier alpha value is -1.67. The highest BCUT2D eigenvalue weighted by Crippen LogP contribution is 2.31. The van der Waals surface area contributed by atoms with Gasteiger partial charge in [0.05, 0.1) is 4.90 Å². The first kappa shape index (κ1) is 14.3. The monoisotopic (exact) mass is 311 g/mol. The van der Waals surface area contributed by atoms with Crippen molar-refractivity contribution in [3.63, 3.8) is 0 Å². The number of carbonyl (C=O) groups is 1. The topological polar surface area (TPSA) is 90.6 Å². The van der Waals surface area contributed by atoms with Gasteiger partial charge >= 0.3 is 0 Å². The molecule has 1 aromatic heterocycles. The smallest absolute Gasteiger partial charge is 0.247 e. The molecule has 0 bridgehead atoms. The highest BCUT2D eigenvalue weighted by molar-refractivity contribution is 7.89. The van der Waals surface area contributed by atoms with Crippen molar-refractivity contribution < 1.29 is 13.2 Å². The fourth-order valence-electron chi connectivity index (χ4n) is 2.44. The lowest BCUT2D eigenvalue weighted by Crippen LogP contribution is -2.50. The molecule has 7 nitrogen and oxygen atoms in total. The van der Waals surface area contributed by atoms with Crippen LogP contribution >= 0.6 is 0 Å². The number of hydrogen-bond acceptors (Lipinski definition) is 4. The van der Waals surface area contributed by atoms with Gasteiger partial charge in [-0.25, -0.2) is 8.42 Å². The van der Waals surface area contributed by atoms with Crippen LogP contribution < -0.4 is 5.56 Å². The summed E-state index contributed by atoms with van der Waals surface area (Å²) in [5, 5.41) is 0. The zero-order valence-corrected chi connectivity index (χ0v) is 12.3. The van der Waals surface area contributed by atoms with E-state index in [1.807, 2.05) is 0 Å². The van der Waals surface area contributed by atoms with Gasteiger partial charge in [-0.3, -0.25) is 9.59 Å². The van der Waals surface area contributed by atoms with Crippen LogP contribution in [0.15, 0.2) is 28.0 Å². The normalized spacial score (nSPS) is 20.5.